The summed E-state index contributed by atoms with van der Waals surface area (Å²) in [5.41, 5.74) is 0. The fourth-order valence-electron chi connectivity index (χ4n) is 1.83. The first-order valence-electron chi connectivity index (χ1n) is 5.65. The number of ether oxygens (including phenoxy) is 1. The highest BCUT2D eigenvalue weighted by atomic mass is 16.5. The predicted molar refractivity (Wildman–Crippen MR) is 65.1 cm³/mol. The number of rotatable bonds is 3. The second-order valence-corrected chi connectivity index (χ2v) is 4.00. The molecule has 4 heteroatoms. The first-order chi connectivity index (χ1) is 8.42. The van der Waals surface area contributed by atoms with E-state index in [1.807, 2.05) is 42.6 Å². The minimum Gasteiger partial charge on any atom is -0.471 e. The summed E-state index contributed by atoms with van der Waals surface area (Å²) in [6.45, 7) is 1.74. The zero-order valence-corrected chi connectivity index (χ0v) is 9.36. The van der Waals surface area contributed by atoms with Crippen molar-refractivity contribution in [3.8, 4) is 5.88 Å². The Hall–Kier alpha value is -2.10. The van der Waals surface area contributed by atoms with E-state index >= 15 is 0 Å². The summed E-state index contributed by atoms with van der Waals surface area (Å²) in [6, 6.07) is 11.6. The van der Waals surface area contributed by atoms with Crippen LogP contribution in [0.5, 0.6) is 5.88 Å². The molecule has 0 radical (unpaired) electrons. The van der Waals surface area contributed by atoms with Crippen molar-refractivity contribution >= 4 is 5.82 Å². The molecular formula is C13H13N3O. The molecule has 1 aliphatic rings. The van der Waals surface area contributed by atoms with Crippen molar-refractivity contribution in [3.05, 3.63) is 48.8 Å². The molecule has 1 saturated heterocycles. The molecule has 2 aromatic heterocycles. The van der Waals surface area contributed by atoms with Gasteiger partial charge in [0.15, 0.2) is 0 Å². The molecule has 0 bridgehead atoms. The summed E-state index contributed by atoms with van der Waals surface area (Å²) in [5, 5.41) is 0. The molecule has 0 atom stereocenters. The van der Waals surface area contributed by atoms with E-state index in [2.05, 4.69) is 14.9 Å². The quantitative estimate of drug-likeness (QED) is 0.800. The van der Waals surface area contributed by atoms with E-state index < -0.39 is 0 Å². The van der Waals surface area contributed by atoms with Crippen LogP contribution in [0.3, 0.4) is 0 Å². The second kappa shape index (κ2) is 4.41. The Morgan fingerprint density at radius 1 is 1.00 bits per heavy atom. The van der Waals surface area contributed by atoms with Gasteiger partial charge < -0.3 is 9.64 Å². The van der Waals surface area contributed by atoms with E-state index in [4.69, 9.17) is 4.74 Å². The van der Waals surface area contributed by atoms with Crippen molar-refractivity contribution in [1.82, 2.24) is 9.97 Å². The first-order valence-corrected chi connectivity index (χ1v) is 5.65. The molecule has 17 heavy (non-hydrogen) atoms. The van der Waals surface area contributed by atoms with E-state index in [-0.39, 0.29) is 6.10 Å². The molecule has 0 amide bonds. The Morgan fingerprint density at radius 3 is 2.41 bits per heavy atom. The number of pyridine rings is 2. The minimum absolute atomic E-state index is 0.215. The van der Waals surface area contributed by atoms with Crippen LogP contribution in [-0.4, -0.2) is 29.2 Å². The maximum atomic E-state index is 5.72. The third kappa shape index (κ3) is 2.20. The molecule has 0 unspecified atom stereocenters. The lowest BCUT2D eigenvalue weighted by Gasteiger charge is -2.39. The third-order valence-corrected chi connectivity index (χ3v) is 2.75. The molecule has 0 aromatic carbocycles. The van der Waals surface area contributed by atoms with E-state index in [9.17, 15) is 0 Å². The molecule has 1 fully saturated rings. The van der Waals surface area contributed by atoms with Gasteiger partial charge in [-0.1, -0.05) is 12.1 Å². The van der Waals surface area contributed by atoms with Gasteiger partial charge in [0.2, 0.25) is 5.88 Å². The zero-order chi connectivity index (χ0) is 11.5. The number of nitrogens with zero attached hydrogens (tertiary/aromatic N) is 3. The zero-order valence-electron chi connectivity index (χ0n) is 9.36. The van der Waals surface area contributed by atoms with Crippen LogP contribution in [-0.2, 0) is 0 Å². The molecule has 0 aliphatic carbocycles. The van der Waals surface area contributed by atoms with Crippen LogP contribution in [0.1, 0.15) is 0 Å². The van der Waals surface area contributed by atoms with Crippen LogP contribution in [0.2, 0.25) is 0 Å². The number of aromatic nitrogens is 2. The summed E-state index contributed by atoms with van der Waals surface area (Å²) in [6.07, 6.45) is 3.76. The Labute approximate surface area is 99.9 Å². The molecule has 0 N–H and O–H groups in total. The average molecular weight is 227 g/mol. The molecule has 1 aliphatic heterocycles. The van der Waals surface area contributed by atoms with Crippen molar-refractivity contribution in [3.63, 3.8) is 0 Å². The van der Waals surface area contributed by atoms with E-state index in [0.717, 1.165) is 18.9 Å². The van der Waals surface area contributed by atoms with Gasteiger partial charge in [0, 0.05) is 18.5 Å². The van der Waals surface area contributed by atoms with Gasteiger partial charge in [-0.2, -0.15) is 0 Å². The predicted octanol–water partition coefficient (Wildman–Crippen LogP) is 1.74. The van der Waals surface area contributed by atoms with Crippen molar-refractivity contribution < 1.29 is 4.74 Å². The summed E-state index contributed by atoms with van der Waals surface area (Å²) in [4.78, 5) is 10.6. The molecule has 0 saturated carbocycles. The standard InChI is InChI=1S/C13H13N3O/c1-3-7-14-12(5-1)16-9-11(10-16)17-13-6-2-4-8-15-13/h1-8,11H,9-10H2. The average Bonchev–Trinajstić information content (AvgIpc) is 2.36. The molecule has 4 nitrogen and oxygen atoms in total. The number of hydrogen-bond donors (Lipinski definition) is 0. The van der Waals surface area contributed by atoms with E-state index in [1.165, 1.54) is 0 Å². The molecule has 2 aromatic rings. The van der Waals surface area contributed by atoms with Crippen LogP contribution in [0, 0.1) is 0 Å². The van der Waals surface area contributed by atoms with Gasteiger partial charge in [-0.05, 0) is 18.2 Å². The highest BCUT2D eigenvalue weighted by Gasteiger charge is 2.29. The van der Waals surface area contributed by atoms with E-state index in [1.54, 1.807) is 6.20 Å². The van der Waals surface area contributed by atoms with Gasteiger partial charge in [-0.25, -0.2) is 9.97 Å². The van der Waals surface area contributed by atoms with Gasteiger partial charge in [0.1, 0.15) is 11.9 Å². The van der Waals surface area contributed by atoms with Gasteiger partial charge in [0.05, 0.1) is 13.1 Å². The normalized spacial score (nSPS) is 15.4. The number of hydrogen-bond acceptors (Lipinski definition) is 4. The summed E-state index contributed by atoms with van der Waals surface area (Å²) >= 11 is 0. The largest absolute Gasteiger partial charge is 0.471 e. The first kappa shape index (κ1) is 10.1. The summed E-state index contributed by atoms with van der Waals surface area (Å²) < 4.78 is 5.72. The lowest BCUT2D eigenvalue weighted by Crippen LogP contribution is -2.54. The van der Waals surface area contributed by atoms with Crippen LogP contribution >= 0.6 is 0 Å². The van der Waals surface area contributed by atoms with Gasteiger partial charge in [-0.15, -0.1) is 0 Å². The topological polar surface area (TPSA) is 38.2 Å². The molecule has 86 valence electrons. The molecule has 3 heterocycles. The molecule has 3 rings (SSSR count). The minimum atomic E-state index is 0.215. The van der Waals surface area contributed by atoms with Crippen molar-refractivity contribution in [2.24, 2.45) is 0 Å². The fraction of sp³-hybridized carbons (Fsp3) is 0.231. The highest BCUT2D eigenvalue weighted by molar-refractivity contribution is 5.41. The van der Waals surface area contributed by atoms with Crippen molar-refractivity contribution in [2.45, 2.75) is 6.10 Å². The van der Waals surface area contributed by atoms with Gasteiger partial charge >= 0.3 is 0 Å². The van der Waals surface area contributed by atoms with E-state index in [0.29, 0.717) is 5.88 Å². The maximum Gasteiger partial charge on any atom is 0.213 e. The van der Waals surface area contributed by atoms with Crippen LogP contribution in [0.25, 0.3) is 0 Å². The third-order valence-electron chi connectivity index (χ3n) is 2.75. The fourth-order valence-corrected chi connectivity index (χ4v) is 1.83. The van der Waals surface area contributed by atoms with Crippen molar-refractivity contribution in [2.75, 3.05) is 18.0 Å². The maximum absolute atomic E-state index is 5.72. The SMILES string of the molecule is c1ccc(OC2CN(c3ccccn3)C2)nc1. The highest BCUT2D eigenvalue weighted by Crippen LogP contribution is 2.20. The number of anilines is 1. The van der Waals surface area contributed by atoms with Crippen LogP contribution < -0.4 is 9.64 Å². The lowest BCUT2D eigenvalue weighted by molar-refractivity contribution is 0.160. The Bertz CT molecular complexity index is 469. The molecular weight excluding hydrogens is 214 g/mol. The summed E-state index contributed by atoms with van der Waals surface area (Å²) in [7, 11) is 0. The van der Waals surface area contributed by atoms with Crippen LogP contribution in [0.15, 0.2) is 48.8 Å². The monoisotopic (exact) mass is 227 g/mol. The smallest absolute Gasteiger partial charge is 0.213 e. The Morgan fingerprint density at radius 2 is 1.76 bits per heavy atom. The molecule has 0 spiro atoms. The van der Waals surface area contributed by atoms with Crippen LogP contribution in [0.4, 0.5) is 5.82 Å². The van der Waals surface area contributed by atoms with Gasteiger partial charge in [-0.3, -0.25) is 0 Å². The Kier molecular flexibility index (Phi) is 2.62. The van der Waals surface area contributed by atoms with Gasteiger partial charge in [0.25, 0.3) is 0 Å². The summed E-state index contributed by atoms with van der Waals surface area (Å²) in [5.74, 6) is 1.70. The van der Waals surface area contributed by atoms with Crippen molar-refractivity contribution in [1.29, 1.82) is 0 Å². The lowest BCUT2D eigenvalue weighted by atomic mass is 10.1. The second-order valence-electron chi connectivity index (χ2n) is 4.00. The Balaban J connectivity index is 1.56.